The van der Waals surface area contributed by atoms with Crippen LogP contribution in [0.5, 0.6) is 0 Å². The zero-order valence-electron chi connectivity index (χ0n) is 9.50. The lowest BCUT2D eigenvalue weighted by atomic mass is 10.1. The van der Waals surface area contributed by atoms with Crippen molar-refractivity contribution in [2.24, 2.45) is 5.92 Å². The van der Waals surface area contributed by atoms with E-state index >= 15 is 0 Å². The number of anilines is 1. The molecule has 0 saturated heterocycles. The van der Waals surface area contributed by atoms with Gasteiger partial charge in [0, 0.05) is 17.9 Å². The number of rotatable bonds is 4. The number of nitrogen functional groups attached to an aromatic ring is 1. The number of aromatic amines is 1. The first-order valence-corrected chi connectivity index (χ1v) is 5.23. The number of amides is 1. The van der Waals surface area contributed by atoms with Gasteiger partial charge < -0.3 is 16.0 Å². The summed E-state index contributed by atoms with van der Waals surface area (Å²) in [6.45, 7) is 6.27. The molecule has 1 heterocycles. The molecular formula is C11H19N3O. The molecule has 0 fully saturated rings. The van der Waals surface area contributed by atoms with Gasteiger partial charge >= 0.3 is 0 Å². The van der Waals surface area contributed by atoms with E-state index in [0.717, 1.165) is 6.42 Å². The van der Waals surface area contributed by atoms with E-state index in [9.17, 15) is 4.79 Å². The number of nitrogens with two attached hydrogens (primary N) is 1. The monoisotopic (exact) mass is 209 g/mol. The number of carbonyl (C=O) groups excluding carboxylic acids is 1. The Hall–Kier alpha value is -1.45. The zero-order chi connectivity index (χ0) is 11.4. The van der Waals surface area contributed by atoms with Crippen molar-refractivity contribution in [3.63, 3.8) is 0 Å². The minimum atomic E-state index is -0.0974. The molecule has 4 N–H and O–H groups in total. The van der Waals surface area contributed by atoms with Gasteiger partial charge in [-0.25, -0.2) is 0 Å². The average molecular weight is 209 g/mol. The van der Waals surface area contributed by atoms with Gasteiger partial charge in [0.2, 0.25) is 0 Å². The van der Waals surface area contributed by atoms with E-state index in [0.29, 0.717) is 17.3 Å². The average Bonchev–Trinajstić information content (AvgIpc) is 2.49. The first kappa shape index (κ1) is 11.6. The van der Waals surface area contributed by atoms with Crippen LogP contribution < -0.4 is 11.1 Å². The van der Waals surface area contributed by atoms with Gasteiger partial charge in [-0.3, -0.25) is 4.79 Å². The summed E-state index contributed by atoms with van der Waals surface area (Å²) >= 11 is 0. The molecule has 15 heavy (non-hydrogen) atoms. The predicted molar refractivity (Wildman–Crippen MR) is 61.6 cm³/mol. The molecule has 1 rings (SSSR count). The smallest absolute Gasteiger partial charge is 0.267 e. The van der Waals surface area contributed by atoms with Crippen LogP contribution in [0, 0.1) is 5.92 Å². The highest BCUT2D eigenvalue weighted by atomic mass is 16.1. The lowest BCUT2D eigenvalue weighted by Crippen LogP contribution is -2.33. The second-order valence-corrected chi connectivity index (χ2v) is 4.35. The van der Waals surface area contributed by atoms with Crippen LogP contribution in [0.15, 0.2) is 12.3 Å². The standard InChI is InChI=1S/C11H19N3O/c1-7(2)4-8(3)14-11(15)10-5-9(12)6-13-10/h5-8,13H,4,12H2,1-3H3,(H,14,15). The van der Waals surface area contributed by atoms with E-state index in [2.05, 4.69) is 24.1 Å². The summed E-state index contributed by atoms with van der Waals surface area (Å²) in [5.41, 5.74) is 6.61. The van der Waals surface area contributed by atoms with Crippen LogP contribution >= 0.6 is 0 Å². The summed E-state index contributed by atoms with van der Waals surface area (Å²) in [6, 6.07) is 1.82. The first-order chi connectivity index (χ1) is 6.99. The summed E-state index contributed by atoms with van der Waals surface area (Å²) in [5.74, 6) is 0.480. The van der Waals surface area contributed by atoms with Crippen LogP contribution in [0.3, 0.4) is 0 Å². The van der Waals surface area contributed by atoms with Crippen molar-refractivity contribution in [2.45, 2.75) is 33.2 Å². The third kappa shape index (κ3) is 3.65. The van der Waals surface area contributed by atoms with E-state index in [1.807, 2.05) is 6.92 Å². The fraction of sp³-hybridized carbons (Fsp3) is 0.545. The molecule has 0 saturated carbocycles. The maximum atomic E-state index is 11.7. The van der Waals surface area contributed by atoms with Gasteiger partial charge in [-0.2, -0.15) is 0 Å². The van der Waals surface area contributed by atoms with Crippen molar-refractivity contribution in [2.75, 3.05) is 5.73 Å². The summed E-state index contributed by atoms with van der Waals surface area (Å²) in [6.07, 6.45) is 2.59. The topological polar surface area (TPSA) is 70.9 Å². The predicted octanol–water partition coefficient (Wildman–Crippen LogP) is 1.76. The fourth-order valence-corrected chi connectivity index (χ4v) is 1.61. The number of H-pyrrole nitrogens is 1. The van der Waals surface area contributed by atoms with Crippen molar-refractivity contribution in [1.82, 2.24) is 10.3 Å². The van der Waals surface area contributed by atoms with Crippen molar-refractivity contribution in [3.05, 3.63) is 18.0 Å². The molecule has 1 unspecified atom stereocenters. The van der Waals surface area contributed by atoms with Crippen molar-refractivity contribution in [1.29, 1.82) is 0 Å². The minimum absolute atomic E-state index is 0.0974. The Bertz CT molecular complexity index is 330. The number of nitrogens with one attached hydrogen (secondary N) is 2. The Kier molecular flexibility index (Phi) is 3.77. The quantitative estimate of drug-likeness (QED) is 0.707. The Morgan fingerprint density at radius 2 is 2.20 bits per heavy atom. The summed E-state index contributed by atoms with van der Waals surface area (Å²) in [7, 11) is 0. The van der Waals surface area contributed by atoms with E-state index in [-0.39, 0.29) is 11.9 Å². The van der Waals surface area contributed by atoms with Crippen LogP contribution in [-0.4, -0.2) is 16.9 Å². The van der Waals surface area contributed by atoms with Crippen molar-refractivity contribution < 1.29 is 4.79 Å². The Balaban J connectivity index is 2.49. The molecule has 0 aliphatic heterocycles. The molecule has 4 heteroatoms. The lowest BCUT2D eigenvalue weighted by Gasteiger charge is -2.15. The van der Waals surface area contributed by atoms with E-state index < -0.39 is 0 Å². The molecule has 0 aliphatic rings. The van der Waals surface area contributed by atoms with Gasteiger partial charge in [0.05, 0.1) is 0 Å². The second-order valence-electron chi connectivity index (χ2n) is 4.35. The van der Waals surface area contributed by atoms with Gasteiger partial charge in [0.15, 0.2) is 0 Å². The summed E-state index contributed by atoms with van der Waals surface area (Å²) in [5, 5.41) is 2.92. The number of hydrogen-bond acceptors (Lipinski definition) is 2. The molecule has 0 radical (unpaired) electrons. The number of hydrogen-bond donors (Lipinski definition) is 3. The van der Waals surface area contributed by atoms with Gasteiger partial charge in [-0.05, 0) is 25.3 Å². The highest BCUT2D eigenvalue weighted by molar-refractivity contribution is 5.93. The van der Waals surface area contributed by atoms with E-state index in [1.165, 1.54) is 0 Å². The normalized spacial score (nSPS) is 12.8. The van der Waals surface area contributed by atoms with Crippen LogP contribution in [0.4, 0.5) is 5.69 Å². The number of carbonyl (C=O) groups is 1. The molecule has 84 valence electrons. The van der Waals surface area contributed by atoms with Gasteiger partial charge in [0.1, 0.15) is 5.69 Å². The third-order valence-electron chi connectivity index (χ3n) is 2.15. The lowest BCUT2D eigenvalue weighted by molar-refractivity contribution is 0.0931. The molecule has 1 aromatic heterocycles. The highest BCUT2D eigenvalue weighted by Gasteiger charge is 2.11. The van der Waals surface area contributed by atoms with Crippen LogP contribution in [-0.2, 0) is 0 Å². The van der Waals surface area contributed by atoms with Gasteiger partial charge in [0.25, 0.3) is 5.91 Å². The maximum Gasteiger partial charge on any atom is 0.267 e. The Labute approximate surface area is 90.2 Å². The summed E-state index contributed by atoms with van der Waals surface area (Å²) < 4.78 is 0. The Morgan fingerprint density at radius 3 is 2.67 bits per heavy atom. The largest absolute Gasteiger partial charge is 0.397 e. The Morgan fingerprint density at radius 1 is 1.53 bits per heavy atom. The molecule has 0 aromatic carbocycles. The van der Waals surface area contributed by atoms with E-state index in [4.69, 9.17) is 5.73 Å². The maximum absolute atomic E-state index is 11.7. The molecular weight excluding hydrogens is 190 g/mol. The highest BCUT2D eigenvalue weighted by Crippen LogP contribution is 2.07. The molecule has 0 aliphatic carbocycles. The second kappa shape index (κ2) is 4.87. The van der Waals surface area contributed by atoms with Crippen LogP contribution in [0.1, 0.15) is 37.7 Å². The van der Waals surface area contributed by atoms with Gasteiger partial charge in [-0.15, -0.1) is 0 Å². The van der Waals surface area contributed by atoms with Crippen LogP contribution in [0.2, 0.25) is 0 Å². The summed E-state index contributed by atoms with van der Waals surface area (Å²) in [4.78, 5) is 14.5. The molecule has 0 bridgehead atoms. The van der Waals surface area contributed by atoms with E-state index in [1.54, 1.807) is 12.3 Å². The molecule has 1 atom stereocenters. The third-order valence-corrected chi connectivity index (χ3v) is 2.15. The SMILES string of the molecule is CC(C)CC(C)NC(=O)c1cc(N)c[nH]1. The van der Waals surface area contributed by atoms with Crippen LogP contribution in [0.25, 0.3) is 0 Å². The molecule has 4 nitrogen and oxygen atoms in total. The minimum Gasteiger partial charge on any atom is -0.397 e. The number of aromatic nitrogens is 1. The van der Waals surface area contributed by atoms with Gasteiger partial charge in [-0.1, -0.05) is 13.8 Å². The zero-order valence-corrected chi connectivity index (χ0v) is 9.50. The molecule has 1 amide bonds. The molecule has 0 spiro atoms. The fourth-order valence-electron chi connectivity index (χ4n) is 1.61. The van der Waals surface area contributed by atoms with Crippen molar-refractivity contribution >= 4 is 11.6 Å². The molecule has 1 aromatic rings. The first-order valence-electron chi connectivity index (χ1n) is 5.23. The van der Waals surface area contributed by atoms with Crippen molar-refractivity contribution in [3.8, 4) is 0 Å².